The van der Waals surface area contributed by atoms with Gasteiger partial charge in [0.15, 0.2) is 0 Å². The van der Waals surface area contributed by atoms with Gasteiger partial charge in [0, 0.05) is 64.3 Å². The van der Waals surface area contributed by atoms with E-state index >= 15 is 0 Å². The Morgan fingerprint density at radius 1 is 0.926 bits per heavy atom. The molecule has 3 heterocycles. The molecule has 2 aliphatic rings. The van der Waals surface area contributed by atoms with Crippen molar-refractivity contribution in [1.29, 1.82) is 0 Å². The summed E-state index contributed by atoms with van der Waals surface area (Å²) in [6.45, 7) is 20.6. The zero-order valence-electron chi connectivity index (χ0n) is 33.2. The summed E-state index contributed by atoms with van der Waals surface area (Å²) >= 11 is 0. The zero-order valence-corrected chi connectivity index (χ0v) is 34.2. The van der Waals surface area contributed by atoms with Gasteiger partial charge in [0.1, 0.15) is 18.3 Å². The van der Waals surface area contributed by atoms with Crippen LogP contribution in [-0.2, 0) is 27.9 Å². The maximum absolute atomic E-state index is 14.5. The highest BCUT2D eigenvalue weighted by atomic mass is 28.3. The predicted octanol–water partition coefficient (Wildman–Crippen LogP) is 8.85. The van der Waals surface area contributed by atoms with Crippen LogP contribution in [0.15, 0.2) is 48.7 Å². The molecule has 2 aromatic carbocycles. The molecule has 2 fully saturated rings. The van der Waals surface area contributed by atoms with Crippen molar-refractivity contribution in [3.05, 3.63) is 76.7 Å². The fraction of sp³-hybridized carbons (Fsp3) is 0.537. The minimum Gasteiger partial charge on any atom is -0.351 e. The second-order valence-electron chi connectivity index (χ2n) is 17.3. The molecule has 0 N–H and O–H groups in total. The van der Waals surface area contributed by atoms with Crippen molar-refractivity contribution < 1.29 is 31.5 Å². The zero-order chi connectivity index (χ0) is 40.1. The van der Waals surface area contributed by atoms with Gasteiger partial charge < -0.3 is 14.7 Å². The number of fused-ring (bicyclic) bond motifs is 1. The van der Waals surface area contributed by atoms with Gasteiger partial charge >= 0.3 is 6.18 Å². The van der Waals surface area contributed by atoms with Crippen molar-refractivity contribution in [2.24, 2.45) is 0 Å². The maximum atomic E-state index is 14.5. The summed E-state index contributed by atoms with van der Waals surface area (Å²) in [5.41, 5.74) is -0.358. The number of piperazine rings is 2. The Hall–Kier alpha value is -3.84. The first-order chi connectivity index (χ1) is 24.9. The molecular formula is C41H54F5N5O2Si. The van der Waals surface area contributed by atoms with E-state index in [0.29, 0.717) is 47.8 Å². The van der Waals surface area contributed by atoms with Crippen LogP contribution in [0.2, 0.25) is 24.2 Å². The summed E-state index contributed by atoms with van der Waals surface area (Å²) in [6.07, 6.45) is -3.12. The Morgan fingerprint density at radius 3 is 2.19 bits per heavy atom. The lowest BCUT2D eigenvalue weighted by Gasteiger charge is -2.53. The van der Waals surface area contributed by atoms with Crippen LogP contribution in [0.25, 0.3) is 11.1 Å². The third kappa shape index (κ3) is 8.36. The molecule has 294 valence electrons. The van der Waals surface area contributed by atoms with E-state index in [0.717, 1.165) is 31.3 Å². The summed E-state index contributed by atoms with van der Waals surface area (Å²) in [5, 5.41) is 0.136. The molecule has 1 unspecified atom stereocenters. The van der Waals surface area contributed by atoms with Crippen molar-refractivity contribution in [2.45, 2.75) is 103 Å². The number of nitrogens with zero attached hydrogens (tertiary/aromatic N) is 5. The van der Waals surface area contributed by atoms with Gasteiger partial charge in [-0.25, -0.2) is 13.8 Å². The molecule has 0 aliphatic carbocycles. The second-order valence-corrected chi connectivity index (χ2v) is 23.0. The lowest BCUT2D eigenvalue weighted by atomic mass is 9.81. The van der Waals surface area contributed by atoms with Gasteiger partial charge in [-0.3, -0.25) is 14.5 Å². The molecule has 0 spiro atoms. The Bertz CT molecular complexity index is 1890. The molecular weight excluding hydrogens is 718 g/mol. The number of benzene rings is 2. The number of carbonyl (C=O) groups excluding carboxylic acids is 2. The van der Waals surface area contributed by atoms with Gasteiger partial charge in [-0.1, -0.05) is 46.0 Å². The molecule has 1 aromatic heterocycles. The fourth-order valence-electron chi connectivity index (χ4n) is 7.64. The Kier molecular flexibility index (Phi) is 11.5. The molecule has 5 rings (SSSR count). The highest BCUT2D eigenvalue weighted by Crippen LogP contribution is 2.43. The van der Waals surface area contributed by atoms with E-state index in [4.69, 9.17) is 4.98 Å². The van der Waals surface area contributed by atoms with Crippen LogP contribution in [0.1, 0.15) is 63.8 Å². The molecule has 7 nitrogen and oxygen atoms in total. The quantitative estimate of drug-likeness (QED) is 0.169. The lowest BCUT2D eigenvalue weighted by Crippen LogP contribution is -2.66. The number of anilines is 2. The number of aromatic nitrogens is 1. The van der Waals surface area contributed by atoms with E-state index in [1.165, 1.54) is 36.9 Å². The predicted molar refractivity (Wildman–Crippen MR) is 208 cm³/mol. The first kappa shape index (κ1) is 41.3. The second kappa shape index (κ2) is 15.0. The fourth-order valence-corrected chi connectivity index (χ4v) is 9.78. The van der Waals surface area contributed by atoms with Gasteiger partial charge in [0.2, 0.25) is 11.8 Å². The molecule has 0 saturated carbocycles. The largest absolute Gasteiger partial charge is 0.416 e. The summed E-state index contributed by atoms with van der Waals surface area (Å²) in [6, 6.07) is 10.5. The van der Waals surface area contributed by atoms with Gasteiger partial charge in [-0.2, -0.15) is 13.2 Å². The molecule has 2 aliphatic heterocycles. The van der Waals surface area contributed by atoms with Crippen LogP contribution >= 0.6 is 0 Å². The molecule has 2 saturated heterocycles. The summed E-state index contributed by atoms with van der Waals surface area (Å²) in [7, 11) is -0.271. The van der Waals surface area contributed by atoms with Gasteiger partial charge in [0.05, 0.1) is 30.9 Å². The average molecular weight is 772 g/mol. The van der Waals surface area contributed by atoms with Crippen molar-refractivity contribution in [2.75, 3.05) is 49.6 Å². The normalized spacial score (nSPS) is 18.8. The number of aryl methyl sites for hydroxylation is 1. The maximum Gasteiger partial charge on any atom is 0.416 e. The van der Waals surface area contributed by atoms with Crippen LogP contribution in [0.5, 0.6) is 0 Å². The SMILES string of the molecule is CC(=O)N1CCN2C[C@@H](C[Si](C)(C)C(C)(C)C)N(c3cc(-c4ccc(F)cc4C)c(N(C)C(=O)C(C)(C)c4cc(CF)cc(C(F)(F)F)c4)cn3)CC2C1. The van der Waals surface area contributed by atoms with E-state index < -0.39 is 43.6 Å². The molecule has 0 bridgehead atoms. The number of carbonyl (C=O) groups is 2. The van der Waals surface area contributed by atoms with E-state index in [-0.39, 0.29) is 34.2 Å². The van der Waals surface area contributed by atoms with Crippen molar-refractivity contribution in [1.82, 2.24) is 14.8 Å². The van der Waals surface area contributed by atoms with Crippen LogP contribution < -0.4 is 9.80 Å². The topological polar surface area (TPSA) is 60.0 Å². The molecule has 13 heteroatoms. The van der Waals surface area contributed by atoms with Crippen molar-refractivity contribution in [3.8, 4) is 11.1 Å². The Morgan fingerprint density at radius 2 is 1.59 bits per heavy atom. The van der Waals surface area contributed by atoms with Crippen LogP contribution in [0, 0.1) is 12.7 Å². The van der Waals surface area contributed by atoms with Crippen LogP contribution in [0.3, 0.4) is 0 Å². The summed E-state index contributed by atoms with van der Waals surface area (Å²) < 4.78 is 69.8. The highest BCUT2D eigenvalue weighted by Gasteiger charge is 2.44. The standard InChI is InChI=1S/C41H54F5N5O2Si/c1-26-15-31(43)11-12-34(26)35-19-37(51-24-32-22-49(27(2)52)13-14-50(32)23-33(51)25-54(9,10)39(3,4)5)47-21-36(35)48(8)38(53)40(6,7)29-16-28(20-42)17-30(18-29)41(44,45)46/h11-12,15-19,21,32-33H,13-14,20,22-25H2,1-10H3/t32?,33-/m0/s1. The molecule has 2 atom stereocenters. The first-order valence-electron chi connectivity index (χ1n) is 18.5. The number of amides is 2. The first-order valence-corrected chi connectivity index (χ1v) is 21.7. The third-order valence-corrected chi connectivity index (χ3v) is 17.7. The summed E-state index contributed by atoms with van der Waals surface area (Å²) in [5.74, 6) is -0.212. The number of hydrogen-bond donors (Lipinski definition) is 0. The molecule has 0 radical (unpaired) electrons. The van der Waals surface area contributed by atoms with Gasteiger partial charge in [-0.15, -0.1) is 0 Å². The van der Waals surface area contributed by atoms with Crippen molar-refractivity contribution in [3.63, 3.8) is 0 Å². The van der Waals surface area contributed by atoms with Crippen LogP contribution in [-0.4, -0.2) is 86.5 Å². The number of likely N-dealkylation sites (N-methyl/N-ethyl adjacent to an activating group) is 1. The smallest absolute Gasteiger partial charge is 0.351 e. The molecule has 2 amide bonds. The number of pyridine rings is 1. The van der Waals surface area contributed by atoms with Gasteiger partial charge in [-0.05, 0) is 84.4 Å². The van der Waals surface area contributed by atoms with E-state index in [1.54, 1.807) is 33.2 Å². The lowest BCUT2D eigenvalue weighted by molar-refractivity contribution is -0.138. The number of rotatable bonds is 8. The van der Waals surface area contributed by atoms with Crippen molar-refractivity contribution >= 4 is 31.4 Å². The average Bonchev–Trinajstić information content (AvgIpc) is 3.09. The highest BCUT2D eigenvalue weighted by molar-refractivity contribution is 6.80. The summed E-state index contributed by atoms with van der Waals surface area (Å²) in [4.78, 5) is 39.9. The van der Waals surface area contributed by atoms with Gasteiger partial charge in [0.25, 0.3) is 0 Å². The van der Waals surface area contributed by atoms with Crippen LogP contribution in [0.4, 0.5) is 33.5 Å². The molecule has 3 aromatic rings. The number of hydrogen-bond acceptors (Lipinski definition) is 5. The van der Waals surface area contributed by atoms with E-state index in [2.05, 4.69) is 43.7 Å². The van der Waals surface area contributed by atoms with E-state index in [1.807, 2.05) is 11.0 Å². The monoisotopic (exact) mass is 771 g/mol. The minimum atomic E-state index is -4.73. The third-order valence-electron chi connectivity index (χ3n) is 12.2. The number of halogens is 5. The number of alkyl halides is 4. The Balaban J connectivity index is 1.62. The Labute approximate surface area is 317 Å². The van der Waals surface area contributed by atoms with E-state index in [9.17, 15) is 31.5 Å². The minimum absolute atomic E-state index is 0.0318. The molecule has 54 heavy (non-hydrogen) atoms.